The zero-order chi connectivity index (χ0) is 14.7. The number of aromatic nitrogens is 2. The fraction of sp³-hybridized carbons (Fsp3) is 0.125. The van der Waals surface area contributed by atoms with Crippen LogP contribution in [0.4, 0.5) is 0 Å². The van der Waals surface area contributed by atoms with Crippen molar-refractivity contribution in [3.63, 3.8) is 0 Å². The zero-order valence-electron chi connectivity index (χ0n) is 11.7. The number of ether oxygens (including phenoxy) is 1. The molecule has 1 aromatic heterocycles. The topological polar surface area (TPSA) is 73.1 Å². The molecule has 21 heavy (non-hydrogen) atoms. The Morgan fingerprint density at radius 3 is 2.67 bits per heavy atom. The van der Waals surface area contributed by atoms with E-state index in [2.05, 4.69) is 15.4 Å². The molecule has 0 bridgehead atoms. The van der Waals surface area contributed by atoms with Crippen LogP contribution in [-0.2, 0) is 0 Å². The van der Waals surface area contributed by atoms with Gasteiger partial charge in [-0.2, -0.15) is 0 Å². The van der Waals surface area contributed by atoms with E-state index in [1.807, 2.05) is 48.5 Å². The number of methoxy groups -OCH3 is 1. The second kappa shape index (κ2) is 5.87. The number of nitrogens with one attached hydrogen (secondary N) is 1. The third-order valence-electron chi connectivity index (χ3n) is 3.36. The van der Waals surface area contributed by atoms with Crippen LogP contribution < -0.4 is 16.0 Å². The molecule has 5 heteroatoms. The molecule has 0 aliphatic carbocycles. The Morgan fingerprint density at radius 1 is 1.10 bits per heavy atom. The van der Waals surface area contributed by atoms with E-state index in [4.69, 9.17) is 10.6 Å². The predicted molar refractivity (Wildman–Crippen MR) is 81.7 cm³/mol. The molecule has 1 atom stereocenters. The molecule has 1 unspecified atom stereocenters. The van der Waals surface area contributed by atoms with Crippen molar-refractivity contribution < 1.29 is 4.74 Å². The van der Waals surface area contributed by atoms with Gasteiger partial charge in [0.15, 0.2) is 0 Å². The SMILES string of the molecule is COc1cccc(C(NN)c2cnc3ccccc3n2)c1. The van der Waals surface area contributed by atoms with Gasteiger partial charge < -0.3 is 4.74 Å². The van der Waals surface area contributed by atoms with Gasteiger partial charge >= 0.3 is 0 Å². The standard InChI is InChI=1S/C16H16N4O/c1-21-12-6-4-5-11(9-12)16(20-17)15-10-18-13-7-2-3-8-14(13)19-15/h2-10,16,20H,17H2,1H3. The van der Waals surface area contributed by atoms with Crippen LogP contribution in [0.15, 0.2) is 54.7 Å². The van der Waals surface area contributed by atoms with Crippen molar-refractivity contribution in [2.45, 2.75) is 6.04 Å². The lowest BCUT2D eigenvalue weighted by molar-refractivity contribution is 0.413. The first-order chi connectivity index (χ1) is 10.3. The average Bonchev–Trinajstić information content (AvgIpc) is 2.56. The minimum Gasteiger partial charge on any atom is -0.497 e. The van der Waals surface area contributed by atoms with Crippen LogP contribution in [0.1, 0.15) is 17.3 Å². The summed E-state index contributed by atoms with van der Waals surface area (Å²) in [4.78, 5) is 9.06. The Balaban J connectivity index is 2.04. The lowest BCUT2D eigenvalue weighted by Crippen LogP contribution is -2.29. The Kier molecular flexibility index (Phi) is 3.77. The molecule has 0 spiro atoms. The highest BCUT2D eigenvalue weighted by molar-refractivity contribution is 5.73. The van der Waals surface area contributed by atoms with Gasteiger partial charge in [-0.1, -0.05) is 24.3 Å². The molecular formula is C16H16N4O. The van der Waals surface area contributed by atoms with Crippen molar-refractivity contribution in [2.24, 2.45) is 5.84 Å². The van der Waals surface area contributed by atoms with Gasteiger partial charge in [-0.25, -0.2) is 10.4 Å². The predicted octanol–water partition coefficient (Wildman–Crippen LogP) is 2.19. The van der Waals surface area contributed by atoms with E-state index in [1.165, 1.54) is 0 Å². The smallest absolute Gasteiger partial charge is 0.119 e. The first-order valence-electron chi connectivity index (χ1n) is 6.63. The maximum Gasteiger partial charge on any atom is 0.119 e. The molecule has 3 rings (SSSR count). The number of para-hydroxylation sites is 2. The molecule has 1 heterocycles. The summed E-state index contributed by atoms with van der Waals surface area (Å²) in [5.74, 6) is 6.49. The van der Waals surface area contributed by atoms with Gasteiger partial charge in [0.2, 0.25) is 0 Å². The van der Waals surface area contributed by atoms with Gasteiger partial charge in [-0.15, -0.1) is 0 Å². The van der Waals surface area contributed by atoms with Crippen LogP contribution in [0.2, 0.25) is 0 Å². The van der Waals surface area contributed by atoms with Crippen LogP contribution >= 0.6 is 0 Å². The summed E-state index contributed by atoms with van der Waals surface area (Å²) < 4.78 is 5.25. The zero-order valence-corrected chi connectivity index (χ0v) is 11.7. The molecule has 0 saturated carbocycles. The largest absolute Gasteiger partial charge is 0.497 e. The number of rotatable bonds is 4. The molecule has 0 amide bonds. The maximum atomic E-state index is 5.71. The summed E-state index contributed by atoms with van der Waals surface area (Å²) in [5.41, 5.74) is 6.24. The maximum absolute atomic E-state index is 5.71. The summed E-state index contributed by atoms with van der Waals surface area (Å²) in [6.45, 7) is 0. The van der Waals surface area contributed by atoms with E-state index in [0.717, 1.165) is 28.0 Å². The Bertz CT molecular complexity index is 760. The third kappa shape index (κ3) is 2.69. The number of nitrogens with zero attached hydrogens (tertiary/aromatic N) is 2. The molecular weight excluding hydrogens is 264 g/mol. The van der Waals surface area contributed by atoms with Crippen LogP contribution in [-0.4, -0.2) is 17.1 Å². The van der Waals surface area contributed by atoms with Crippen LogP contribution in [0.25, 0.3) is 11.0 Å². The molecule has 2 aromatic carbocycles. The number of fused-ring (bicyclic) bond motifs is 1. The lowest BCUT2D eigenvalue weighted by atomic mass is 10.0. The van der Waals surface area contributed by atoms with Crippen molar-refractivity contribution >= 4 is 11.0 Å². The molecule has 0 radical (unpaired) electrons. The summed E-state index contributed by atoms with van der Waals surface area (Å²) in [6, 6.07) is 15.2. The summed E-state index contributed by atoms with van der Waals surface area (Å²) in [6.07, 6.45) is 1.74. The summed E-state index contributed by atoms with van der Waals surface area (Å²) in [7, 11) is 1.64. The van der Waals surface area contributed by atoms with Crippen molar-refractivity contribution in [2.75, 3.05) is 7.11 Å². The van der Waals surface area contributed by atoms with Gasteiger partial charge in [0.25, 0.3) is 0 Å². The lowest BCUT2D eigenvalue weighted by Gasteiger charge is -2.16. The van der Waals surface area contributed by atoms with Crippen molar-refractivity contribution in [1.82, 2.24) is 15.4 Å². The highest BCUT2D eigenvalue weighted by atomic mass is 16.5. The normalized spacial score (nSPS) is 12.3. The van der Waals surface area contributed by atoms with Crippen molar-refractivity contribution in [1.29, 1.82) is 0 Å². The van der Waals surface area contributed by atoms with Gasteiger partial charge in [0, 0.05) is 0 Å². The van der Waals surface area contributed by atoms with Gasteiger partial charge in [0.05, 0.1) is 36.1 Å². The minimum atomic E-state index is -0.239. The van der Waals surface area contributed by atoms with Crippen LogP contribution in [0.5, 0.6) is 5.75 Å². The van der Waals surface area contributed by atoms with E-state index in [9.17, 15) is 0 Å². The summed E-state index contributed by atoms with van der Waals surface area (Å²) in [5, 5.41) is 0. The van der Waals surface area contributed by atoms with Crippen LogP contribution in [0, 0.1) is 0 Å². The molecule has 0 aliphatic rings. The molecule has 0 aliphatic heterocycles. The first kappa shape index (κ1) is 13.5. The molecule has 0 saturated heterocycles. The monoisotopic (exact) mass is 280 g/mol. The quantitative estimate of drug-likeness (QED) is 0.566. The molecule has 3 aromatic rings. The highest BCUT2D eigenvalue weighted by Gasteiger charge is 2.15. The van der Waals surface area contributed by atoms with E-state index >= 15 is 0 Å². The van der Waals surface area contributed by atoms with Crippen molar-refractivity contribution in [3.8, 4) is 5.75 Å². The van der Waals surface area contributed by atoms with Crippen molar-refractivity contribution in [3.05, 3.63) is 66.0 Å². The number of hydrogen-bond acceptors (Lipinski definition) is 5. The van der Waals surface area contributed by atoms with E-state index < -0.39 is 0 Å². The fourth-order valence-electron chi connectivity index (χ4n) is 2.28. The fourth-order valence-corrected chi connectivity index (χ4v) is 2.28. The number of hydrogen-bond donors (Lipinski definition) is 2. The van der Waals surface area contributed by atoms with E-state index in [0.29, 0.717) is 0 Å². The Labute approximate surface area is 122 Å². The second-order valence-electron chi connectivity index (χ2n) is 4.66. The van der Waals surface area contributed by atoms with Gasteiger partial charge in [-0.3, -0.25) is 10.8 Å². The summed E-state index contributed by atoms with van der Waals surface area (Å²) >= 11 is 0. The number of nitrogens with two attached hydrogens (primary N) is 1. The van der Waals surface area contributed by atoms with E-state index in [-0.39, 0.29) is 6.04 Å². The molecule has 0 fully saturated rings. The third-order valence-corrected chi connectivity index (χ3v) is 3.36. The second-order valence-corrected chi connectivity index (χ2v) is 4.66. The molecule has 106 valence electrons. The van der Waals surface area contributed by atoms with Gasteiger partial charge in [0.1, 0.15) is 5.75 Å². The first-order valence-corrected chi connectivity index (χ1v) is 6.63. The van der Waals surface area contributed by atoms with E-state index in [1.54, 1.807) is 13.3 Å². The molecule has 5 nitrogen and oxygen atoms in total. The number of benzene rings is 2. The minimum absolute atomic E-state index is 0.239. The highest BCUT2D eigenvalue weighted by Crippen LogP contribution is 2.24. The molecule has 3 N–H and O–H groups in total. The average molecular weight is 280 g/mol. The Hall–Kier alpha value is -2.50. The number of hydrazine groups is 1. The van der Waals surface area contributed by atoms with Crippen LogP contribution in [0.3, 0.4) is 0 Å². The van der Waals surface area contributed by atoms with Gasteiger partial charge in [-0.05, 0) is 29.8 Å². The Morgan fingerprint density at radius 2 is 1.90 bits per heavy atom.